The first-order chi connectivity index (χ1) is 14.5. The van der Waals surface area contributed by atoms with Gasteiger partial charge in [-0.25, -0.2) is 4.98 Å². The van der Waals surface area contributed by atoms with Crippen LogP contribution in [0, 0.1) is 0 Å². The van der Waals surface area contributed by atoms with Crippen LogP contribution in [0.1, 0.15) is 25.8 Å². The summed E-state index contributed by atoms with van der Waals surface area (Å²) < 4.78 is 11.3. The van der Waals surface area contributed by atoms with E-state index >= 15 is 0 Å². The molecular weight excluding hydrogens is 376 g/mol. The lowest BCUT2D eigenvalue weighted by Gasteiger charge is -2.19. The minimum absolute atomic E-state index is 0.461. The first-order valence-corrected chi connectivity index (χ1v) is 9.86. The number of hydrogen-bond donors (Lipinski definition) is 1. The predicted octanol–water partition coefficient (Wildman–Crippen LogP) is 5.76. The van der Waals surface area contributed by atoms with Gasteiger partial charge in [0.2, 0.25) is 5.95 Å². The Morgan fingerprint density at radius 1 is 1.00 bits per heavy atom. The summed E-state index contributed by atoms with van der Waals surface area (Å²) in [4.78, 5) is 10.8. The molecule has 1 aromatic heterocycles. The molecule has 6 nitrogen and oxygen atoms in total. The lowest BCUT2D eigenvalue weighted by molar-refractivity contribution is 0.409. The molecule has 0 amide bonds. The Labute approximate surface area is 179 Å². The summed E-state index contributed by atoms with van der Waals surface area (Å²) >= 11 is 0. The number of aromatic nitrogens is 2. The molecule has 0 fully saturated rings. The SMILES string of the molecule is C=C(Oc1cnc(Nc2ccccc2)nc1N(C)C)c1ccccc1OC.CCC. The highest BCUT2D eigenvalue weighted by Gasteiger charge is 2.15. The van der Waals surface area contributed by atoms with E-state index in [0.717, 1.165) is 11.3 Å². The van der Waals surface area contributed by atoms with Crippen molar-refractivity contribution in [1.29, 1.82) is 0 Å². The van der Waals surface area contributed by atoms with E-state index in [0.29, 0.717) is 29.0 Å². The molecular formula is C24H30N4O2. The van der Waals surface area contributed by atoms with Crippen molar-refractivity contribution < 1.29 is 9.47 Å². The fourth-order valence-corrected chi connectivity index (χ4v) is 2.53. The average molecular weight is 407 g/mol. The van der Waals surface area contributed by atoms with Crippen LogP contribution in [0.4, 0.5) is 17.5 Å². The van der Waals surface area contributed by atoms with Gasteiger partial charge in [0.15, 0.2) is 11.6 Å². The normalized spacial score (nSPS) is 9.77. The van der Waals surface area contributed by atoms with Crippen molar-refractivity contribution in [2.75, 3.05) is 31.4 Å². The van der Waals surface area contributed by atoms with Gasteiger partial charge in [-0.2, -0.15) is 4.98 Å². The highest BCUT2D eigenvalue weighted by atomic mass is 16.5. The van der Waals surface area contributed by atoms with E-state index in [4.69, 9.17) is 9.47 Å². The molecule has 0 aliphatic rings. The van der Waals surface area contributed by atoms with E-state index < -0.39 is 0 Å². The number of benzene rings is 2. The number of para-hydroxylation sites is 2. The molecule has 0 saturated carbocycles. The van der Waals surface area contributed by atoms with E-state index in [2.05, 4.69) is 35.7 Å². The highest BCUT2D eigenvalue weighted by Crippen LogP contribution is 2.32. The van der Waals surface area contributed by atoms with Crippen LogP contribution in [0.3, 0.4) is 0 Å². The summed E-state index contributed by atoms with van der Waals surface area (Å²) in [5.74, 6) is 2.79. The molecule has 0 atom stereocenters. The van der Waals surface area contributed by atoms with Gasteiger partial charge in [0, 0.05) is 19.8 Å². The lowest BCUT2D eigenvalue weighted by Crippen LogP contribution is -2.14. The van der Waals surface area contributed by atoms with E-state index in [1.54, 1.807) is 13.3 Å². The molecule has 0 saturated heterocycles. The second-order valence-corrected chi connectivity index (χ2v) is 6.70. The topological polar surface area (TPSA) is 59.5 Å². The van der Waals surface area contributed by atoms with Crippen LogP contribution in [-0.4, -0.2) is 31.2 Å². The minimum Gasteiger partial charge on any atom is -0.496 e. The number of anilines is 3. The fraction of sp³-hybridized carbons (Fsp3) is 0.250. The third-order valence-corrected chi connectivity index (χ3v) is 3.83. The van der Waals surface area contributed by atoms with Crippen molar-refractivity contribution in [3.8, 4) is 11.5 Å². The maximum atomic E-state index is 5.97. The third kappa shape index (κ3) is 6.24. The number of ether oxygens (including phenoxy) is 2. The van der Waals surface area contributed by atoms with Crippen LogP contribution in [0.15, 0.2) is 67.4 Å². The summed E-state index contributed by atoms with van der Waals surface area (Å²) in [6.45, 7) is 8.28. The van der Waals surface area contributed by atoms with Crippen LogP contribution in [-0.2, 0) is 0 Å². The van der Waals surface area contributed by atoms with Gasteiger partial charge in [0.25, 0.3) is 0 Å². The molecule has 1 N–H and O–H groups in total. The number of nitrogens with one attached hydrogen (secondary N) is 1. The summed E-state index contributed by atoms with van der Waals surface area (Å²) in [6, 6.07) is 17.3. The lowest BCUT2D eigenvalue weighted by atomic mass is 10.2. The zero-order valence-corrected chi connectivity index (χ0v) is 18.3. The van der Waals surface area contributed by atoms with E-state index in [9.17, 15) is 0 Å². The first kappa shape index (κ1) is 22.7. The molecule has 0 radical (unpaired) electrons. The Hall–Kier alpha value is -3.54. The molecule has 2 aromatic carbocycles. The van der Waals surface area contributed by atoms with Gasteiger partial charge in [0.1, 0.15) is 11.5 Å². The minimum atomic E-state index is 0.461. The molecule has 3 rings (SSSR count). The van der Waals surface area contributed by atoms with Crippen molar-refractivity contribution in [3.63, 3.8) is 0 Å². The summed E-state index contributed by atoms with van der Waals surface area (Å²) in [5.41, 5.74) is 1.69. The quantitative estimate of drug-likeness (QED) is 0.503. The summed E-state index contributed by atoms with van der Waals surface area (Å²) in [6.07, 6.45) is 2.88. The van der Waals surface area contributed by atoms with Crippen molar-refractivity contribution in [1.82, 2.24) is 9.97 Å². The zero-order chi connectivity index (χ0) is 21.9. The second kappa shape index (κ2) is 11.5. The van der Waals surface area contributed by atoms with Crippen LogP contribution in [0.5, 0.6) is 11.5 Å². The molecule has 0 aliphatic carbocycles. The Morgan fingerprint density at radius 3 is 2.27 bits per heavy atom. The van der Waals surface area contributed by atoms with Gasteiger partial charge < -0.3 is 19.7 Å². The van der Waals surface area contributed by atoms with Crippen LogP contribution in [0.25, 0.3) is 5.76 Å². The monoisotopic (exact) mass is 406 g/mol. The van der Waals surface area contributed by atoms with Crippen LogP contribution >= 0.6 is 0 Å². The molecule has 158 valence electrons. The standard InChI is InChI=1S/C21H22N4O2.C3H8/c1-15(17-12-8-9-13-18(17)26-4)27-19-14-22-21(24-20(19)25(2)3)23-16-10-6-5-7-11-16;1-3-2/h5-14H,1H2,2-4H3,(H,22,23,24);3H2,1-2H3. The second-order valence-electron chi connectivity index (χ2n) is 6.70. The molecule has 6 heteroatoms. The molecule has 3 aromatic rings. The number of rotatable bonds is 7. The van der Waals surface area contributed by atoms with Gasteiger partial charge in [-0.1, -0.05) is 57.2 Å². The van der Waals surface area contributed by atoms with E-state index in [1.165, 1.54) is 6.42 Å². The predicted molar refractivity (Wildman–Crippen MR) is 125 cm³/mol. The number of hydrogen-bond acceptors (Lipinski definition) is 6. The van der Waals surface area contributed by atoms with Crippen molar-refractivity contribution in [2.24, 2.45) is 0 Å². The van der Waals surface area contributed by atoms with Crippen LogP contribution < -0.4 is 19.7 Å². The Morgan fingerprint density at radius 2 is 1.63 bits per heavy atom. The van der Waals surface area contributed by atoms with Gasteiger partial charge in [-0.05, 0) is 24.3 Å². The molecule has 0 unspecified atom stereocenters. The maximum Gasteiger partial charge on any atom is 0.229 e. The first-order valence-electron chi connectivity index (χ1n) is 9.86. The Balaban J connectivity index is 0.00000101. The average Bonchev–Trinajstić information content (AvgIpc) is 2.76. The highest BCUT2D eigenvalue weighted by molar-refractivity contribution is 5.68. The largest absolute Gasteiger partial charge is 0.496 e. The molecule has 0 aliphatic heterocycles. The van der Waals surface area contributed by atoms with Gasteiger partial charge in [0.05, 0.1) is 18.9 Å². The van der Waals surface area contributed by atoms with Gasteiger partial charge >= 0.3 is 0 Å². The molecule has 1 heterocycles. The summed E-state index contributed by atoms with van der Waals surface area (Å²) in [7, 11) is 5.41. The van der Waals surface area contributed by atoms with Crippen molar-refractivity contribution in [2.45, 2.75) is 20.3 Å². The fourth-order valence-electron chi connectivity index (χ4n) is 2.53. The molecule has 30 heavy (non-hydrogen) atoms. The number of nitrogens with zero attached hydrogens (tertiary/aromatic N) is 3. The smallest absolute Gasteiger partial charge is 0.229 e. The Bertz CT molecular complexity index is 943. The third-order valence-electron chi connectivity index (χ3n) is 3.83. The number of methoxy groups -OCH3 is 1. The van der Waals surface area contributed by atoms with Gasteiger partial charge in [-0.15, -0.1) is 0 Å². The van der Waals surface area contributed by atoms with Crippen LogP contribution in [0.2, 0.25) is 0 Å². The van der Waals surface area contributed by atoms with Crippen molar-refractivity contribution >= 4 is 23.2 Å². The zero-order valence-electron chi connectivity index (χ0n) is 18.3. The van der Waals surface area contributed by atoms with Crippen molar-refractivity contribution in [3.05, 3.63) is 72.9 Å². The maximum absolute atomic E-state index is 5.97. The van der Waals surface area contributed by atoms with E-state index in [1.807, 2.05) is 73.6 Å². The van der Waals surface area contributed by atoms with Gasteiger partial charge in [-0.3, -0.25) is 0 Å². The summed E-state index contributed by atoms with van der Waals surface area (Å²) in [5, 5.41) is 3.18. The Kier molecular flexibility index (Phi) is 8.69. The van der Waals surface area contributed by atoms with E-state index in [-0.39, 0.29) is 0 Å². The molecule has 0 spiro atoms. The molecule has 0 bridgehead atoms.